The summed E-state index contributed by atoms with van der Waals surface area (Å²) in [4.78, 5) is 0. The van der Waals surface area contributed by atoms with Gasteiger partial charge < -0.3 is 0 Å². The summed E-state index contributed by atoms with van der Waals surface area (Å²) in [6.07, 6.45) is 3.01. The van der Waals surface area contributed by atoms with Crippen molar-refractivity contribution >= 4 is 12.7 Å². The molecule has 0 saturated carbocycles. The van der Waals surface area contributed by atoms with Crippen molar-refractivity contribution in [3.05, 3.63) is 53.4 Å². The summed E-state index contributed by atoms with van der Waals surface area (Å²) in [5.74, 6) is -2.21. The smallest absolute Gasteiger partial charge is 0.216 e. The van der Waals surface area contributed by atoms with E-state index in [4.69, 9.17) is 0 Å². The molecule has 1 aliphatic rings. The van der Waals surface area contributed by atoms with Gasteiger partial charge in [0.05, 0.1) is 0 Å². The van der Waals surface area contributed by atoms with E-state index in [1.165, 1.54) is 19.1 Å². The summed E-state index contributed by atoms with van der Waals surface area (Å²) in [5.41, 5.74) is -2.17. The summed E-state index contributed by atoms with van der Waals surface area (Å²) in [6.45, 7) is 1.47. The molecule has 2 rings (SSSR count). The van der Waals surface area contributed by atoms with Crippen molar-refractivity contribution in [2.45, 2.75) is 18.9 Å². The maximum Gasteiger partial charge on any atom is 0.216 e. The highest BCUT2D eigenvalue weighted by Gasteiger charge is 2.34. The Balaban J connectivity index is 2.33. The van der Waals surface area contributed by atoms with Gasteiger partial charge in [0.1, 0.15) is 23.0 Å². The van der Waals surface area contributed by atoms with E-state index in [0.29, 0.717) is 0 Å². The Kier molecular flexibility index (Phi) is 3.33. The van der Waals surface area contributed by atoms with Crippen LogP contribution in [0.2, 0.25) is 0 Å². The minimum absolute atomic E-state index is 0.241. The van der Waals surface area contributed by atoms with Gasteiger partial charge in [-0.25, -0.2) is 17.6 Å². The lowest BCUT2D eigenvalue weighted by Gasteiger charge is -2.23. The molecule has 0 aromatic heterocycles. The Morgan fingerprint density at radius 2 is 1.94 bits per heavy atom. The molecular weight excluding hydrogens is 243 g/mol. The van der Waals surface area contributed by atoms with Gasteiger partial charge in [0.2, 0.25) is 7.28 Å². The Morgan fingerprint density at radius 1 is 1.22 bits per heavy atom. The van der Waals surface area contributed by atoms with Gasteiger partial charge in [-0.1, -0.05) is 18.2 Å². The van der Waals surface area contributed by atoms with Crippen molar-refractivity contribution in [3.8, 4) is 0 Å². The first-order chi connectivity index (χ1) is 8.41. The molecule has 0 N–H and O–H groups in total. The number of allylic oxidation sites excluding steroid dienone is 4. The molecule has 18 heavy (non-hydrogen) atoms. The second kappa shape index (κ2) is 4.63. The van der Waals surface area contributed by atoms with Crippen LogP contribution in [0.3, 0.4) is 0 Å². The van der Waals surface area contributed by atoms with Gasteiger partial charge in [-0.15, -0.1) is 0 Å². The largest absolute Gasteiger partial charge is 0.248 e. The van der Waals surface area contributed by atoms with Crippen molar-refractivity contribution in [2.24, 2.45) is 0 Å². The van der Waals surface area contributed by atoms with Crippen LogP contribution in [0.25, 0.3) is 0 Å². The zero-order valence-corrected chi connectivity index (χ0v) is 9.81. The zero-order chi connectivity index (χ0) is 13.3. The van der Waals surface area contributed by atoms with Crippen LogP contribution < -0.4 is 5.46 Å². The molecule has 0 amide bonds. The summed E-state index contributed by atoms with van der Waals surface area (Å²) >= 11 is 0. The van der Waals surface area contributed by atoms with E-state index in [-0.39, 0.29) is 11.0 Å². The number of aryl methyl sites for hydroxylation is 1. The average Bonchev–Trinajstić information content (AvgIpc) is 2.29. The standard InChI is InChI=1S/C13H11BF4/c1-8-4-5-10(16)11(12(8)17)14-13(18)6-2-3-9(15)7-13/h2-6,14H,7H2,1H3. The quantitative estimate of drug-likeness (QED) is 0.562. The third kappa shape index (κ3) is 2.50. The molecule has 1 aromatic rings. The first-order valence-corrected chi connectivity index (χ1v) is 5.57. The van der Waals surface area contributed by atoms with Crippen molar-refractivity contribution in [1.82, 2.24) is 0 Å². The van der Waals surface area contributed by atoms with Gasteiger partial charge in [0, 0.05) is 6.42 Å². The predicted octanol–water partition coefficient (Wildman–Crippen LogP) is 2.81. The Labute approximate surface area is 103 Å². The van der Waals surface area contributed by atoms with Crippen molar-refractivity contribution in [3.63, 3.8) is 0 Å². The van der Waals surface area contributed by atoms with Gasteiger partial charge in [0.25, 0.3) is 0 Å². The van der Waals surface area contributed by atoms with Crippen molar-refractivity contribution in [2.75, 3.05) is 0 Å². The molecule has 5 heteroatoms. The summed E-state index contributed by atoms with van der Waals surface area (Å²) in [6, 6.07) is 2.38. The van der Waals surface area contributed by atoms with Gasteiger partial charge >= 0.3 is 0 Å². The highest BCUT2D eigenvalue weighted by atomic mass is 19.2. The molecule has 0 heterocycles. The van der Waals surface area contributed by atoms with Gasteiger partial charge in [-0.3, -0.25) is 0 Å². The van der Waals surface area contributed by atoms with E-state index in [2.05, 4.69) is 0 Å². The first kappa shape index (κ1) is 12.9. The molecular formula is C13H11BF4. The lowest BCUT2D eigenvalue weighted by Crippen LogP contribution is -2.41. The number of alkyl halides is 1. The molecule has 1 aliphatic carbocycles. The van der Waals surface area contributed by atoms with Crippen LogP contribution in [0.1, 0.15) is 12.0 Å². The fourth-order valence-corrected chi connectivity index (χ4v) is 2.02. The lowest BCUT2D eigenvalue weighted by atomic mass is 9.54. The maximum absolute atomic E-state index is 14.3. The molecule has 0 spiro atoms. The van der Waals surface area contributed by atoms with Crippen LogP contribution in [-0.2, 0) is 0 Å². The minimum atomic E-state index is -2.08. The number of halogens is 4. The molecule has 0 fully saturated rings. The van der Waals surface area contributed by atoms with Crippen LogP contribution in [0, 0.1) is 18.6 Å². The number of hydrogen-bond donors (Lipinski definition) is 0. The van der Waals surface area contributed by atoms with Crippen LogP contribution in [0.15, 0.2) is 36.2 Å². The fraction of sp³-hybridized carbons (Fsp3) is 0.231. The predicted molar refractivity (Wildman–Crippen MR) is 64.7 cm³/mol. The molecule has 1 unspecified atom stereocenters. The Morgan fingerprint density at radius 3 is 2.61 bits per heavy atom. The van der Waals surface area contributed by atoms with Gasteiger partial charge in [-0.05, 0) is 30.1 Å². The monoisotopic (exact) mass is 254 g/mol. The van der Waals surface area contributed by atoms with E-state index >= 15 is 0 Å². The normalized spacial score (nSPS) is 22.8. The van der Waals surface area contributed by atoms with Crippen LogP contribution in [-0.4, -0.2) is 12.8 Å². The van der Waals surface area contributed by atoms with Gasteiger partial charge in [-0.2, -0.15) is 0 Å². The van der Waals surface area contributed by atoms with Crippen LogP contribution in [0.4, 0.5) is 17.6 Å². The van der Waals surface area contributed by atoms with E-state index in [1.54, 1.807) is 0 Å². The van der Waals surface area contributed by atoms with Crippen LogP contribution in [0.5, 0.6) is 0 Å². The second-order valence-electron chi connectivity index (χ2n) is 4.52. The number of rotatable bonds is 2. The molecule has 0 radical (unpaired) electrons. The van der Waals surface area contributed by atoms with Crippen molar-refractivity contribution < 1.29 is 17.6 Å². The molecule has 94 valence electrons. The van der Waals surface area contributed by atoms with E-state index in [0.717, 1.165) is 18.2 Å². The molecule has 1 aromatic carbocycles. The molecule has 0 aliphatic heterocycles. The summed E-state index contributed by atoms with van der Waals surface area (Å²) in [5, 5.41) is 0. The molecule has 0 bridgehead atoms. The average molecular weight is 254 g/mol. The number of benzene rings is 1. The SMILES string of the molecule is Cc1ccc(F)c(BC2(F)C=CC=C(F)C2)c1F. The number of hydrogen-bond acceptors (Lipinski definition) is 0. The third-order valence-electron chi connectivity index (χ3n) is 2.98. The topological polar surface area (TPSA) is 0 Å². The third-order valence-corrected chi connectivity index (χ3v) is 2.98. The first-order valence-electron chi connectivity index (χ1n) is 5.57. The minimum Gasteiger partial charge on any atom is -0.248 e. The van der Waals surface area contributed by atoms with Gasteiger partial charge in [0.15, 0.2) is 0 Å². The molecule has 0 nitrogen and oxygen atoms in total. The maximum atomic E-state index is 14.3. The zero-order valence-electron chi connectivity index (χ0n) is 9.81. The highest BCUT2D eigenvalue weighted by molar-refractivity contribution is 6.57. The Hall–Kier alpha value is -1.52. The fourth-order valence-electron chi connectivity index (χ4n) is 2.02. The van der Waals surface area contributed by atoms with Crippen molar-refractivity contribution in [1.29, 1.82) is 0 Å². The molecule has 0 saturated heterocycles. The molecule has 1 atom stereocenters. The summed E-state index contributed by atoms with van der Waals surface area (Å²) in [7, 11) is -0.510. The highest BCUT2D eigenvalue weighted by Crippen LogP contribution is 2.27. The van der Waals surface area contributed by atoms with E-state index in [1.807, 2.05) is 0 Å². The van der Waals surface area contributed by atoms with Crippen LogP contribution >= 0.6 is 0 Å². The second-order valence-corrected chi connectivity index (χ2v) is 4.52. The Bertz CT molecular complexity index is 536. The summed E-state index contributed by atoms with van der Waals surface area (Å²) < 4.78 is 54.6. The van der Waals surface area contributed by atoms with E-state index < -0.39 is 36.7 Å². The van der Waals surface area contributed by atoms with E-state index in [9.17, 15) is 17.6 Å². The lowest BCUT2D eigenvalue weighted by molar-refractivity contribution is 0.316.